The third kappa shape index (κ3) is 2.81. The molecule has 0 atom stereocenters. The molecule has 3 aromatic rings. The molecule has 0 fully saturated rings. The number of amides is 1. The normalized spacial score (nSPS) is 12.9. The van der Waals surface area contributed by atoms with Gasteiger partial charge in [-0.3, -0.25) is 14.9 Å². The van der Waals surface area contributed by atoms with Gasteiger partial charge >= 0.3 is 0 Å². The largest absolute Gasteiger partial charge is 0.344 e. The van der Waals surface area contributed by atoms with Gasteiger partial charge in [-0.25, -0.2) is 0 Å². The number of fused-ring (bicyclic) bond motifs is 2. The minimum Gasteiger partial charge on any atom is -0.344 e. The van der Waals surface area contributed by atoms with Crippen molar-refractivity contribution in [3.63, 3.8) is 0 Å². The van der Waals surface area contributed by atoms with Crippen LogP contribution in [-0.4, -0.2) is 17.9 Å². The predicted octanol–water partition coefficient (Wildman–Crippen LogP) is 4.20. The van der Waals surface area contributed by atoms with E-state index >= 15 is 0 Å². The van der Waals surface area contributed by atoms with Gasteiger partial charge in [0.2, 0.25) is 0 Å². The van der Waals surface area contributed by atoms with Crippen LogP contribution in [0.3, 0.4) is 0 Å². The van der Waals surface area contributed by atoms with Crippen LogP contribution in [0.5, 0.6) is 0 Å². The first-order chi connectivity index (χ1) is 13.1. The number of nitro benzene ring substituents is 1. The Labute approximate surface area is 156 Å². The molecular formula is C21H17N3O3. The summed E-state index contributed by atoms with van der Waals surface area (Å²) >= 11 is 0. The molecule has 0 bridgehead atoms. The van der Waals surface area contributed by atoms with Crippen LogP contribution in [0.4, 0.5) is 17.1 Å². The SMILES string of the molecule is CN1c2ccccc2C(NC(=O)c2ccccc2[N+](=O)[O-])c2ccccc21. The molecule has 0 saturated carbocycles. The third-order valence-corrected chi connectivity index (χ3v) is 4.84. The molecule has 1 N–H and O–H groups in total. The molecule has 1 aliphatic heterocycles. The Morgan fingerprint density at radius 2 is 1.44 bits per heavy atom. The molecule has 0 saturated heterocycles. The minimum atomic E-state index is -0.536. The van der Waals surface area contributed by atoms with Crippen molar-refractivity contribution in [3.05, 3.63) is 99.6 Å². The smallest absolute Gasteiger partial charge is 0.282 e. The first-order valence-corrected chi connectivity index (χ1v) is 8.54. The van der Waals surface area contributed by atoms with Crippen LogP contribution in [0.15, 0.2) is 72.8 Å². The maximum Gasteiger partial charge on any atom is 0.282 e. The lowest BCUT2D eigenvalue weighted by Gasteiger charge is -2.35. The van der Waals surface area contributed by atoms with Gasteiger partial charge in [-0.05, 0) is 18.2 Å². The van der Waals surface area contributed by atoms with Crippen molar-refractivity contribution in [3.8, 4) is 0 Å². The summed E-state index contributed by atoms with van der Waals surface area (Å²) in [5, 5.41) is 14.3. The van der Waals surface area contributed by atoms with Crippen LogP contribution in [0.25, 0.3) is 0 Å². The highest BCUT2D eigenvalue weighted by molar-refractivity contribution is 5.99. The lowest BCUT2D eigenvalue weighted by Crippen LogP contribution is -2.34. The van der Waals surface area contributed by atoms with Gasteiger partial charge in [-0.2, -0.15) is 0 Å². The molecule has 1 heterocycles. The van der Waals surface area contributed by atoms with Gasteiger partial charge in [0, 0.05) is 35.6 Å². The van der Waals surface area contributed by atoms with E-state index in [-0.39, 0.29) is 17.3 Å². The van der Waals surface area contributed by atoms with Gasteiger partial charge in [0.25, 0.3) is 11.6 Å². The van der Waals surface area contributed by atoms with E-state index in [0.29, 0.717) is 0 Å². The Kier molecular flexibility index (Phi) is 4.08. The second-order valence-corrected chi connectivity index (χ2v) is 6.36. The fourth-order valence-corrected chi connectivity index (χ4v) is 3.56. The molecule has 3 aromatic carbocycles. The van der Waals surface area contributed by atoms with Gasteiger partial charge in [0.1, 0.15) is 5.56 Å². The molecule has 0 spiro atoms. The van der Waals surface area contributed by atoms with E-state index in [2.05, 4.69) is 10.2 Å². The van der Waals surface area contributed by atoms with E-state index in [1.807, 2.05) is 55.6 Å². The highest BCUT2D eigenvalue weighted by atomic mass is 16.6. The van der Waals surface area contributed by atoms with Crippen LogP contribution < -0.4 is 10.2 Å². The zero-order valence-electron chi connectivity index (χ0n) is 14.6. The highest BCUT2D eigenvalue weighted by Gasteiger charge is 2.31. The molecule has 0 aromatic heterocycles. The topological polar surface area (TPSA) is 75.5 Å². The molecule has 0 aliphatic carbocycles. The second-order valence-electron chi connectivity index (χ2n) is 6.36. The number of nitrogens with one attached hydrogen (secondary N) is 1. The monoisotopic (exact) mass is 359 g/mol. The number of hydrogen-bond acceptors (Lipinski definition) is 4. The number of hydrogen-bond donors (Lipinski definition) is 1. The summed E-state index contributed by atoms with van der Waals surface area (Å²) < 4.78 is 0. The standard InChI is InChI=1S/C21H17N3O3/c1-23-17-11-5-2-8-14(17)20(15-9-3-6-12-18(15)23)22-21(25)16-10-4-7-13-19(16)24(26)27/h2-13,20H,1H3,(H,22,25). The molecule has 1 amide bonds. The van der Waals surface area contributed by atoms with Gasteiger partial charge in [-0.1, -0.05) is 48.5 Å². The maximum absolute atomic E-state index is 12.9. The molecule has 0 radical (unpaired) electrons. The zero-order valence-corrected chi connectivity index (χ0v) is 14.6. The van der Waals surface area contributed by atoms with Gasteiger partial charge in [0.05, 0.1) is 11.0 Å². The summed E-state index contributed by atoms with van der Waals surface area (Å²) in [5.41, 5.74) is 3.73. The predicted molar refractivity (Wildman–Crippen MR) is 103 cm³/mol. The molecule has 0 unspecified atom stereocenters. The summed E-state index contributed by atoms with van der Waals surface area (Å²) in [6, 6.07) is 21.3. The maximum atomic E-state index is 12.9. The first-order valence-electron chi connectivity index (χ1n) is 8.54. The Balaban J connectivity index is 1.78. The van der Waals surface area contributed by atoms with Crippen LogP contribution >= 0.6 is 0 Å². The molecule has 6 heteroatoms. The van der Waals surface area contributed by atoms with Crippen molar-refractivity contribution in [2.45, 2.75) is 6.04 Å². The summed E-state index contributed by atoms with van der Waals surface area (Å²) in [4.78, 5) is 25.7. The van der Waals surface area contributed by atoms with Crippen molar-refractivity contribution >= 4 is 23.0 Å². The molecule has 6 nitrogen and oxygen atoms in total. The summed E-state index contributed by atoms with van der Waals surface area (Å²) in [5.74, 6) is -0.471. The minimum absolute atomic E-state index is 0.0522. The van der Waals surface area contributed by atoms with Crippen LogP contribution in [0.2, 0.25) is 0 Å². The molecule has 4 rings (SSSR count). The van der Waals surface area contributed by atoms with Crippen LogP contribution in [-0.2, 0) is 0 Å². The quantitative estimate of drug-likeness (QED) is 0.562. The average Bonchev–Trinajstić information content (AvgIpc) is 2.71. The van der Waals surface area contributed by atoms with E-state index in [9.17, 15) is 14.9 Å². The number of carbonyl (C=O) groups excluding carboxylic acids is 1. The van der Waals surface area contributed by atoms with Crippen molar-refractivity contribution in [2.24, 2.45) is 0 Å². The number of rotatable bonds is 3. The highest BCUT2D eigenvalue weighted by Crippen LogP contribution is 2.43. The van der Waals surface area contributed by atoms with Crippen LogP contribution in [0, 0.1) is 10.1 Å². The number of nitro groups is 1. The van der Waals surface area contributed by atoms with Crippen LogP contribution in [0.1, 0.15) is 27.5 Å². The lowest BCUT2D eigenvalue weighted by atomic mass is 9.90. The zero-order chi connectivity index (χ0) is 19.0. The summed E-state index contributed by atoms with van der Waals surface area (Å²) in [6.07, 6.45) is 0. The number of benzene rings is 3. The Bertz CT molecular complexity index is 1000. The van der Waals surface area contributed by atoms with Gasteiger partial charge in [-0.15, -0.1) is 0 Å². The molecule has 1 aliphatic rings. The third-order valence-electron chi connectivity index (χ3n) is 4.84. The first kappa shape index (κ1) is 16.8. The lowest BCUT2D eigenvalue weighted by molar-refractivity contribution is -0.385. The number of carbonyl (C=O) groups is 1. The summed E-state index contributed by atoms with van der Waals surface area (Å²) in [6.45, 7) is 0. The second kappa shape index (κ2) is 6.57. The Morgan fingerprint density at radius 3 is 2.04 bits per heavy atom. The van der Waals surface area contributed by atoms with Gasteiger partial charge < -0.3 is 10.2 Å². The number of anilines is 2. The Morgan fingerprint density at radius 1 is 0.926 bits per heavy atom. The number of nitrogens with zero attached hydrogens (tertiary/aromatic N) is 2. The molecule has 27 heavy (non-hydrogen) atoms. The van der Waals surface area contributed by atoms with Crippen molar-refractivity contribution in [1.29, 1.82) is 0 Å². The molecule has 134 valence electrons. The van der Waals surface area contributed by atoms with Crippen molar-refractivity contribution in [2.75, 3.05) is 11.9 Å². The Hall–Kier alpha value is -3.67. The van der Waals surface area contributed by atoms with E-state index in [4.69, 9.17) is 0 Å². The number of para-hydroxylation sites is 3. The summed E-state index contributed by atoms with van der Waals surface area (Å²) in [7, 11) is 1.98. The van der Waals surface area contributed by atoms with E-state index in [1.165, 1.54) is 12.1 Å². The average molecular weight is 359 g/mol. The fourth-order valence-electron chi connectivity index (χ4n) is 3.56. The van der Waals surface area contributed by atoms with Crippen molar-refractivity contribution < 1.29 is 9.72 Å². The van der Waals surface area contributed by atoms with E-state index < -0.39 is 10.8 Å². The van der Waals surface area contributed by atoms with Crippen molar-refractivity contribution in [1.82, 2.24) is 5.32 Å². The molecular weight excluding hydrogens is 342 g/mol. The van der Waals surface area contributed by atoms with E-state index in [1.54, 1.807) is 12.1 Å². The van der Waals surface area contributed by atoms with Gasteiger partial charge in [0.15, 0.2) is 0 Å². The van der Waals surface area contributed by atoms with E-state index in [0.717, 1.165) is 22.5 Å². The fraction of sp³-hybridized carbons (Fsp3) is 0.0952.